The van der Waals surface area contributed by atoms with Crippen molar-refractivity contribution in [3.05, 3.63) is 29.3 Å². The quantitative estimate of drug-likeness (QED) is 0.861. The van der Waals surface area contributed by atoms with Gasteiger partial charge in [-0.2, -0.15) is 0 Å². The molecule has 2 rings (SSSR count). The van der Waals surface area contributed by atoms with Crippen molar-refractivity contribution in [1.82, 2.24) is 0 Å². The molecule has 8 heteroatoms. The number of esters is 1. The van der Waals surface area contributed by atoms with Gasteiger partial charge < -0.3 is 4.74 Å². The highest BCUT2D eigenvalue weighted by molar-refractivity contribution is 7.89. The predicted molar refractivity (Wildman–Crippen MR) is 65.4 cm³/mol. The van der Waals surface area contributed by atoms with Crippen molar-refractivity contribution >= 4 is 16.0 Å². The second kappa shape index (κ2) is 5.45. The Labute approximate surface area is 114 Å². The van der Waals surface area contributed by atoms with E-state index in [-0.39, 0.29) is 6.10 Å². The Morgan fingerprint density at radius 3 is 2.40 bits per heavy atom. The second-order valence-corrected chi connectivity index (χ2v) is 6.18. The van der Waals surface area contributed by atoms with Gasteiger partial charge >= 0.3 is 5.97 Å². The van der Waals surface area contributed by atoms with Crippen molar-refractivity contribution in [3.63, 3.8) is 0 Å². The molecule has 1 aromatic rings. The molecule has 1 aromatic carbocycles. The van der Waals surface area contributed by atoms with Crippen LogP contribution in [0.4, 0.5) is 8.78 Å². The fourth-order valence-corrected chi connectivity index (χ4v) is 2.65. The van der Waals surface area contributed by atoms with Crippen molar-refractivity contribution in [2.45, 2.75) is 36.7 Å². The van der Waals surface area contributed by atoms with Crippen molar-refractivity contribution in [2.24, 2.45) is 5.14 Å². The van der Waals surface area contributed by atoms with Crippen LogP contribution in [0.3, 0.4) is 0 Å². The minimum Gasteiger partial charge on any atom is -0.459 e. The Bertz CT molecular complexity index is 639. The molecular weight excluding hydrogens is 292 g/mol. The van der Waals surface area contributed by atoms with E-state index in [4.69, 9.17) is 9.88 Å². The molecule has 1 aliphatic rings. The average molecular weight is 305 g/mol. The summed E-state index contributed by atoms with van der Waals surface area (Å²) < 4.78 is 54.2. The summed E-state index contributed by atoms with van der Waals surface area (Å²) in [5.74, 6) is -3.99. The van der Waals surface area contributed by atoms with Crippen molar-refractivity contribution in [3.8, 4) is 0 Å². The first-order chi connectivity index (χ1) is 9.29. The molecule has 1 aliphatic carbocycles. The predicted octanol–water partition coefficient (Wildman–Crippen LogP) is 1.71. The SMILES string of the molecule is NS(=O)(=O)c1cc(F)c(F)c(C(=O)OC2CCCC2)c1. The number of hydrogen-bond acceptors (Lipinski definition) is 4. The van der Waals surface area contributed by atoms with Gasteiger partial charge in [-0.15, -0.1) is 0 Å². The lowest BCUT2D eigenvalue weighted by atomic mass is 10.2. The molecule has 0 spiro atoms. The molecular formula is C12H13F2NO4S. The number of carbonyl (C=O) groups excluding carboxylic acids is 1. The largest absolute Gasteiger partial charge is 0.459 e. The van der Waals surface area contributed by atoms with Crippen LogP contribution in [-0.2, 0) is 14.8 Å². The van der Waals surface area contributed by atoms with E-state index in [0.717, 1.165) is 12.8 Å². The van der Waals surface area contributed by atoms with E-state index in [2.05, 4.69) is 0 Å². The maximum Gasteiger partial charge on any atom is 0.341 e. The summed E-state index contributed by atoms with van der Waals surface area (Å²) >= 11 is 0. The molecule has 2 N–H and O–H groups in total. The monoisotopic (exact) mass is 305 g/mol. The summed E-state index contributed by atoms with van der Waals surface area (Å²) in [6.07, 6.45) is 2.76. The number of rotatable bonds is 3. The van der Waals surface area contributed by atoms with Gasteiger partial charge in [0.15, 0.2) is 11.6 Å². The highest BCUT2D eigenvalue weighted by Crippen LogP contribution is 2.24. The molecule has 0 heterocycles. The van der Waals surface area contributed by atoms with Crippen LogP contribution in [0.25, 0.3) is 0 Å². The molecule has 0 atom stereocenters. The third-order valence-corrected chi connectivity index (χ3v) is 4.02. The molecule has 0 saturated heterocycles. The lowest BCUT2D eigenvalue weighted by Gasteiger charge is -2.12. The zero-order chi connectivity index (χ0) is 14.9. The first-order valence-corrected chi connectivity index (χ1v) is 7.56. The average Bonchev–Trinajstić information content (AvgIpc) is 2.83. The fourth-order valence-electron chi connectivity index (χ4n) is 2.10. The Balaban J connectivity index is 2.34. The third kappa shape index (κ3) is 3.13. The zero-order valence-corrected chi connectivity index (χ0v) is 11.3. The molecule has 0 unspecified atom stereocenters. The molecule has 0 aromatic heterocycles. The van der Waals surface area contributed by atoms with E-state index in [1.54, 1.807) is 0 Å². The van der Waals surface area contributed by atoms with Crippen LogP contribution in [0.1, 0.15) is 36.0 Å². The summed E-state index contributed by atoms with van der Waals surface area (Å²) in [4.78, 5) is 11.1. The molecule has 110 valence electrons. The topological polar surface area (TPSA) is 86.5 Å². The smallest absolute Gasteiger partial charge is 0.341 e. The molecule has 0 bridgehead atoms. The Morgan fingerprint density at radius 2 is 1.85 bits per heavy atom. The molecule has 0 radical (unpaired) electrons. The van der Waals surface area contributed by atoms with Crippen LogP contribution in [0.5, 0.6) is 0 Å². The van der Waals surface area contributed by atoms with E-state index in [1.165, 1.54) is 0 Å². The first-order valence-electron chi connectivity index (χ1n) is 6.02. The lowest BCUT2D eigenvalue weighted by Crippen LogP contribution is -2.19. The van der Waals surface area contributed by atoms with E-state index < -0.39 is 38.1 Å². The third-order valence-electron chi connectivity index (χ3n) is 3.13. The number of sulfonamides is 1. The minimum atomic E-state index is -4.24. The molecule has 0 amide bonds. The van der Waals surface area contributed by atoms with E-state index in [9.17, 15) is 22.0 Å². The van der Waals surface area contributed by atoms with Gasteiger partial charge in [0.1, 0.15) is 6.10 Å². The Morgan fingerprint density at radius 1 is 1.25 bits per heavy atom. The summed E-state index contributed by atoms with van der Waals surface area (Å²) in [5.41, 5.74) is -0.763. The van der Waals surface area contributed by atoms with Gasteiger partial charge in [0.05, 0.1) is 10.5 Å². The van der Waals surface area contributed by atoms with Crippen molar-refractivity contribution in [1.29, 1.82) is 0 Å². The Hall–Kier alpha value is -1.54. The van der Waals surface area contributed by atoms with Crippen molar-refractivity contribution < 1.29 is 26.7 Å². The molecule has 1 fully saturated rings. The number of hydrogen-bond donors (Lipinski definition) is 1. The van der Waals surface area contributed by atoms with Gasteiger partial charge in [-0.1, -0.05) is 0 Å². The van der Waals surface area contributed by atoms with Crippen LogP contribution in [0.15, 0.2) is 17.0 Å². The van der Waals surface area contributed by atoms with Crippen molar-refractivity contribution in [2.75, 3.05) is 0 Å². The summed E-state index contributed by atoms with van der Waals surface area (Å²) in [6.45, 7) is 0. The number of halogens is 2. The number of nitrogens with two attached hydrogens (primary N) is 1. The normalized spacial score (nSPS) is 16.4. The molecule has 5 nitrogen and oxygen atoms in total. The number of carbonyl (C=O) groups is 1. The minimum absolute atomic E-state index is 0.344. The van der Waals surface area contributed by atoms with Gasteiger partial charge in [0, 0.05) is 0 Å². The van der Waals surface area contributed by atoms with Gasteiger partial charge in [-0.25, -0.2) is 27.1 Å². The van der Waals surface area contributed by atoms with E-state index in [0.29, 0.717) is 25.0 Å². The number of primary sulfonamides is 1. The summed E-state index contributed by atoms with van der Waals surface area (Å²) in [6, 6.07) is 1.11. The standard InChI is InChI=1S/C12H13F2NO4S/c13-10-6-8(20(15,17)18)5-9(11(10)14)12(16)19-7-3-1-2-4-7/h5-7H,1-4H2,(H2,15,17,18). The zero-order valence-electron chi connectivity index (χ0n) is 10.4. The molecule has 20 heavy (non-hydrogen) atoms. The van der Waals surface area contributed by atoms with Gasteiger partial charge in [0.25, 0.3) is 0 Å². The fraction of sp³-hybridized carbons (Fsp3) is 0.417. The molecule has 1 saturated carbocycles. The summed E-state index contributed by atoms with van der Waals surface area (Å²) in [5, 5.41) is 4.84. The van der Waals surface area contributed by atoms with E-state index in [1.807, 2.05) is 0 Å². The van der Waals surface area contributed by atoms with Gasteiger partial charge in [-0.05, 0) is 37.8 Å². The summed E-state index contributed by atoms with van der Waals surface area (Å²) in [7, 11) is -4.24. The van der Waals surface area contributed by atoms with Crippen LogP contribution in [-0.4, -0.2) is 20.5 Å². The van der Waals surface area contributed by atoms with Crippen LogP contribution in [0, 0.1) is 11.6 Å². The Kier molecular flexibility index (Phi) is 4.05. The maximum atomic E-state index is 13.6. The van der Waals surface area contributed by atoms with E-state index >= 15 is 0 Å². The molecule has 0 aliphatic heterocycles. The van der Waals surface area contributed by atoms with Crippen LogP contribution >= 0.6 is 0 Å². The first kappa shape index (κ1) is 14.9. The van der Waals surface area contributed by atoms with Crippen LogP contribution < -0.4 is 5.14 Å². The van der Waals surface area contributed by atoms with Crippen LogP contribution in [0.2, 0.25) is 0 Å². The lowest BCUT2D eigenvalue weighted by molar-refractivity contribution is 0.0311. The van der Waals surface area contributed by atoms with Gasteiger partial charge in [0.2, 0.25) is 10.0 Å². The van der Waals surface area contributed by atoms with Gasteiger partial charge in [-0.3, -0.25) is 0 Å². The second-order valence-electron chi connectivity index (χ2n) is 4.62. The number of ether oxygens (including phenoxy) is 1. The highest BCUT2D eigenvalue weighted by Gasteiger charge is 2.25. The number of benzene rings is 1. The maximum absolute atomic E-state index is 13.6. The highest BCUT2D eigenvalue weighted by atomic mass is 32.2.